The number of thioether (sulfide) groups is 1. The molecular formula is C15H21NO5S2. The van der Waals surface area contributed by atoms with Crippen molar-refractivity contribution in [2.24, 2.45) is 0 Å². The summed E-state index contributed by atoms with van der Waals surface area (Å²) in [5.74, 6) is 1.83. The molecular weight excluding hydrogens is 338 g/mol. The summed E-state index contributed by atoms with van der Waals surface area (Å²) < 4.78 is 43.5. The maximum absolute atomic E-state index is 12.3. The normalized spacial score (nSPS) is 18.8. The molecule has 23 heavy (non-hydrogen) atoms. The van der Waals surface area contributed by atoms with E-state index < -0.39 is 10.0 Å². The number of ether oxygens (including phenoxy) is 3. The second-order valence-corrected chi connectivity index (χ2v) is 8.56. The summed E-state index contributed by atoms with van der Waals surface area (Å²) in [5, 5.41) is 0.572. The van der Waals surface area contributed by atoms with Gasteiger partial charge in [-0.2, -0.15) is 11.8 Å². The molecule has 6 nitrogen and oxygen atoms in total. The van der Waals surface area contributed by atoms with Gasteiger partial charge in [-0.25, -0.2) is 13.1 Å². The quantitative estimate of drug-likeness (QED) is 0.779. The zero-order valence-electron chi connectivity index (χ0n) is 12.8. The van der Waals surface area contributed by atoms with Crippen molar-refractivity contribution in [3.63, 3.8) is 0 Å². The molecule has 8 heteroatoms. The molecule has 0 saturated carbocycles. The predicted octanol–water partition coefficient (Wildman–Crippen LogP) is 1.65. The van der Waals surface area contributed by atoms with Gasteiger partial charge < -0.3 is 14.2 Å². The lowest BCUT2D eigenvalue weighted by Crippen LogP contribution is -2.27. The van der Waals surface area contributed by atoms with Crippen LogP contribution in [-0.2, 0) is 14.8 Å². The fraction of sp³-hybridized carbons (Fsp3) is 0.600. The molecule has 3 rings (SSSR count). The van der Waals surface area contributed by atoms with E-state index in [0.29, 0.717) is 36.5 Å². The van der Waals surface area contributed by atoms with Gasteiger partial charge in [-0.05, 0) is 25.0 Å². The fourth-order valence-electron chi connectivity index (χ4n) is 2.52. The van der Waals surface area contributed by atoms with Crippen molar-refractivity contribution < 1.29 is 22.6 Å². The Labute approximate surface area is 140 Å². The summed E-state index contributed by atoms with van der Waals surface area (Å²) in [7, 11) is -3.52. The van der Waals surface area contributed by atoms with E-state index in [0.717, 1.165) is 31.8 Å². The van der Waals surface area contributed by atoms with E-state index in [4.69, 9.17) is 14.2 Å². The third-order valence-electron chi connectivity index (χ3n) is 3.74. The minimum atomic E-state index is -3.52. The Balaban J connectivity index is 1.52. The van der Waals surface area contributed by atoms with Gasteiger partial charge in [0, 0.05) is 36.8 Å². The van der Waals surface area contributed by atoms with Crippen LogP contribution >= 0.6 is 11.8 Å². The molecule has 1 aromatic carbocycles. The Bertz CT molecular complexity index is 629. The summed E-state index contributed by atoms with van der Waals surface area (Å²) >= 11 is 1.80. The smallest absolute Gasteiger partial charge is 0.240 e. The van der Waals surface area contributed by atoms with Gasteiger partial charge in [-0.3, -0.25) is 0 Å². The summed E-state index contributed by atoms with van der Waals surface area (Å²) in [6.07, 6.45) is 2.08. The molecule has 0 spiro atoms. The second kappa shape index (κ2) is 7.74. The van der Waals surface area contributed by atoms with Crippen molar-refractivity contribution in [3.05, 3.63) is 18.2 Å². The lowest BCUT2D eigenvalue weighted by atomic mass is 10.2. The van der Waals surface area contributed by atoms with E-state index in [9.17, 15) is 8.42 Å². The Kier molecular flexibility index (Phi) is 5.68. The van der Waals surface area contributed by atoms with Gasteiger partial charge in [0.05, 0.1) is 4.90 Å². The van der Waals surface area contributed by atoms with Gasteiger partial charge in [0.2, 0.25) is 10.0 Å². The van der Waals surface area contributed by atoms with E-state index in [1.807, 2.05) is 0 Å². The first-order valence-corrected chi connectivity index (χ1v) is 10.3. The summed E-state index contributed by atoms with van der Waals surface area (Å²) in [5.41, 5.74) is 0. The maximum Gasteiger partial charge on any atom is 0.240 e. The van der Waals surface area contributed by atoms with Gasteiger partial charge >= 0.3 is 0 Å². The zero-order chi connectivity index (χ0) is 16.1. The van der Waals surface area contributed by atoms with E-state index in [-0.39, 0.29) is 4.90 Å². The van der Waals surface area contributed by atoms with Crippen LogP contribution in [0.2, 0.25) is 0 Å². The van der Waals surface area contributed by atoms with E-state index in [1.165, 1.54) is 6.07 Å². The highest BCUT2D eigenvalue weighted by Crippen LogP contribution is 2.32. The fourth-order valence-corrected chi connectivity index (χ4v) is 4.77. The third-order valence-corrected chi connectivity index (χ3v) is 6.58. The van der Waals surface area contributed by atoms with E-state index in [2.05, 4.69) is 4.72 Å². The average molecular weight is 359 g/mol. The number of hydrogen-bond acceptors (Lipinski definition) is 6. The van der Waals surface area contributed by atoms with Crippen molar-refractivity contribution in [1.29, 1.82) is 0 Å². The number of hydrogen-bond donors (Lipinski definition) is 1. The Morgan fingerprint density at radius 3 is 2.61 bits per heavy atom. The lowest BCUT2D eigenvalue weighted by molar-refractivity contribution is 0.100. The number of fused-ring (bicyclic) bond motifs is 1. The van der Waals surface area contributed by atoms with E-state index >= 15 is 0 Å². The molecule has 0 bridgehead atoms. The SMILES string of the molecule is O=S(=O)(NCCSC1CCOCC1)c1ccc2c(c1)OCCO2. The van der Waals surface area contributed by atoms with Crippen molar-refractivity contribution in [3.8, 4) is 11.5 Å². The Morgan fingerprint density at radius 1 is 1.09 bits per heavy atom. The predicted molar refractivity (Wildman–Crippen MR) is 88.9 cm³/mol. The lowest BCUT2D eigenvalue weighted by Gasteiger charge is -2.21. The second-order valence-electron chi connectivity index (χ2n) is 5.39. The molecule has 1 N–H and O–H groups in total. The number of sulfonamides is 1. The molecule has 2 heterocycles. The monoisotopic (exact) mass is 359 g/mol. The molecule has 1 fully saturated rings. The van der Waals surface area contributed by atoms with Crippen molar-refractivity contribution >= 4 is 21.8 Å². The summed E-state index contributed by atoms with van der Waals surface area (Å²) in [6, 6.07) is 4.70. The number of nitrogens with one attached hydrogen (secondary N) is 1. The molecule has 0 radical (unpaired) electrons. The van der Waals surface area contributed by atoms with Crippen LogP contribution in [0.4, 0.5) is 0 Å². The van der Waals surface area contributed by atoms with Gasteiger partial charge in [-0.1, -0.05) is 0 Å². The van der Waals surface area contributed by atoms with Crippen molar-refractivity contribution in [1.82, 2.24) is 4.72 Å². The molecule has 2 aliphatic rings. The van der Waals surface area contributed by atoms with Gasteiger partial charge in [0.1, 0.15) is 13.2 Å². The third kappa shape index (κ3) is 4.53. The largest absolute Gasteiger partial charge is 0.486 e. The number of rotatable bonds is 6. The molecule has 0 aliphatic carbocycles. The van der Waals surface area contributed by atoms with Crippen molar-refractivity contribution in [2.45, 2.75) is 23.0 Å². The average Bonchev–Trinajstić information content (AvgIpc) is 2.59. The summed E-state index contributed by atoms with van der Waals surface area (Å²) in [4.78, 5) is 0.206. The first kappa shape index (κ1) is 16.9. The van der Waals surface area contributed by atoms with Gasteiger partial charge in [0.15, 0.2) is 11.5 Å². The zero-order valence-corrected chi connectivity index (χ0v) is 14.5. The molecule has 2 aliphatic heterocycles. The van der Waals surface area contributed by atoms with Gasteiger partial charge in [0.25, 0.3) is 0 Å². The van der Waals surface area contributed by atoms with Gasteiger partial charge in [-0.15, -0.1) is 0 Å². The summed E-state index contributed by atoms with van der Waals surface area (Å²) in [6.45, 7) is 2.95. The molecule has 0 aromatic heterocycles. The highest BCUT2D eigenvalue weighted by Gasteiger charge is 2.19. The van der Waals surface area contributed by atoms with Crippen LogP contribution in [0, 0.1) is 0 Å². The van der Waals surface area contributed by atoms with Crippen LogP contribution in [0.25, 0.3) is 0 Å². The highest BCUT2D eigenvalue weighted by molar-refractivity contribution is 8.00. The molecule has 128 valence electrons. The van der Waals surface area contributed by atoms with Crippen LogP contribution in [0.1, 0.15) is 12.8 Å². The van der Waals surface area contributed by atoms with Crippen LogP contribution in [0.15, 0.2) is 23.1 Å². The minimum Gasteiger partial charge on any atom is -0.486 e. The van der Waals surface area contributed by atoms with Crippen LogP contribution in [0.3, 0.4) is 0 Å². The van der Waals surface area contributed by atoms with Crippen molar-refractivity contribution in [2.75, 3.05) is 38.7 Å². The molecule has 0 unspecified atom stereocenters. The first-order valence-electron chi connectivity index (χ1n) is 7.74. The standard InChI is InChI=1S/C15H21NO5S2/c17-23(18,16-5-10-22-12-3-6-19-7-4-12)13-1-2-14-15(11-13)21-9-8-20-14/h1-2,11-12,16H,3-10H2. The molecule has 1 aromatic rings. The Hall–Kier alpha value is -0.960. The van der Waals surface area contributed by atoms with Crippen LogP contribution in [-0.4, -0.2) is 52.4 Å². The minimum absolute atomic E-state index is 0.206. The molecule has 0 amide bonds. The molecule has 1 saturated heterocycles. The van der Waals surface area contributed by atoms with Crippen LogP contribution < -0.4 is 14.2 Å². The van der Waals surface area contributed by atoms with Crippen LogP contribution in [0.5, 0.6) is 11.5 Å². The topological polar surface area (TPSA) is 73.9 Å². The highest BCUT2D eigenvalue weighted by atomic mass is 32.2. The Morgan fingerprint density at radius 2 is 1.83 bits per heavy atom. The van der Waals surface area contributed by atoms with E-state index in [1.54, 1.807) is 23.9 Å². The number of benzene rings is 1. The first-order chi connectivity index (χ1) is 11.1. The maximum atomic E-state index is 12.3. The molecule has 0 atom stereocenters.